The summed E-state index contributed by atoms with van der Waals surface area (Å²) in [6.07, 6.45) is 0. The molecule has 0 spiro atoms. The van der Waals surface area contributed by atoms with Crippen molar-refractivity contribution in [2.24, 2.45) is 0 Å². The van der Waals surface area contributed by atoms with E-state index in [2.05, 4.69) is 42.2 Å². The molecule has 0 bridgehead atoms. The van der Waals surface area contributed by atoms with Crippen LogP contribution >= 0.6 is 0 Å². The Labute approximate surface area is 105 Å². The highest BCUT2D eigenvalue weighted by Crippen LogP contribution is 2.27. The zero-order valence-corrected chi connectivity index (χ0v) is 10.4. The van der Waals surface area contributed by atoms with Crippen molar-refractivity contribution in [2.75, 3.05) is 5.73 Å². The summed E-state index contributed by atoms with van der Waals surface area (Å²) in [5, 5.41) is 2.42. The standard InChI is InChI=1S/C15H14N2O/c1-9-3-4-12-8-13(6-5-11(12)7-9)14-10(2)18-15(16)17-14/h3-8H,1-2H3,(H2,16,17). The van der Waals surface area contributed by atoms with Crippen molar-refractivity contribution < 1.29 is 4.42 Å². The van der Waals surface area contributed by atoms with Gasteiger partial charge in [0.2, 0.25) is 0 Å². The van der Waals surface area contributed by atoms with Crippen LogP contribution in [0.4, 0.5) is 6.01 Å². The maximum atomic E-state index is 5.57. The summed E-state index contributed by atoms with van der Waals surface area (Å²) in [5.74, 6) is 0.749. The van der Waals surface area contributed by atoms with Gasteiger partial charge >= 0.3 is 0 Å². The third-order valence-electron chi connectivity index (χ3n) is 3.08. The van der Waals surface area contributed by atoms with Gasteiger partial charge in [0.15, 0.2) is 0 Å². The van der Waals surface area contributed by atoms with Crippen LogP contribution in [-0.2, 0) is 0 Å². The van der Waals surface area contributed by atoms with Gasteiger partial charge in [-0.2, -0.15) is 4.98 Å². The van der Waals surface area contributed by atoms with Crippen LogP contribution in [0.3, 0.4) is 0 Å². The normalized spacial score (nSPS) is 11.0. The predicted octanol–water partition coefficient (Wildman–Crippen LogP) is 3.69. The lowest BCUT2D eigenvalue weighted by atomic mass is 10.0. The molecule has 0 saturated carbocycles. The van der Waals surface area contributed by atoms with Crippen molar-refractivity contribution in [3.63, 3.8) is 0 Å². The van der Waals surface area contributed by atoms with Crippen molar-refractivity contribution >= 4 is 16.8 Å². The predicted molar refractivity (Wildman–Crippen MR) is 73.3 cm³/mol. The average Bonchev–Trinajstić information content (AvgIpc) is 2.68. The molecule has 2 aromatic carbocycles. The third-order valence-corrected chi connectivity index (χ3v) is 3.08. The SMILES string of the molecule is Cc1ccc2cc(-c3nc(N)oc3C)ccc2c1. The van der Waals surface area contributed by atoms with Crippen LogP contribution in [0.2, 0.25) is 0 Å². The molecule has 3 rings (SSSR count). The Hall–Kier alpha value is -2.29. The molecule has 3 heteroatoms. The first-order chi connectivity index (χ1) is 8.63. The molecule has 0 aliphatic rings. The smallest absolute Gasteiger partial charge is 0.292 e. The van der Waals surface area contributed by atoms with E-state index in [4.69, 9.17) is 10.2 Å². The van der Waals surface area contributed by atoms with Gasteiger partial charge in [-0.05, 0) is 30.7 Å². The van der Waals surface area contributed by atoms with Crippen molar-refractivity contribution in [3.05, 3.63) is 47.7 Å². The molecular formula is C15H14N2O. The van der Waals surface area contributed by atoms with Gasteiger partial charge in [-0.15, -0.1) is 0 Å². The van der Waals surface area contributed by atoms with E-state index in [1.54, 1.807) is 0 Å². The number of hydrogen-bond donors (Lipinski definition) is 1. The molecule has 3 nitrogen and oxygen atoms in total. The zero-order chi connectivity index (χ0) is 12.7. The minimum Gasteiger partial charge on any atom is -0.429 e. The quantitative estimate of drug-likeness (QED) is 0.703. The number of hydrogen-bond acceptors (Lipinski definition) is 3. The van der Waals surface area contributed by atoms with E-state index in [0.29, 0.717) is 0 Å². The second-order valence-electron chi connectivity index (χ2n) is 4.52. The number of oxazole rings is 1. The summed E-state index contributed by atoms with van der Waals surface area (Å²) in [6, 6.07) is 12.9. The second kappa shape index (κ2) is 3.88. The van der Waals surface area contributed by atoms with Gasteiger partial charge < -0.3 is 10.2 Å². The zero-order valence-electron chi connectivity index (χ0n) is 10.4. The van der Waals surface area contributed by atoms with Gasteiger partial charge in [-0.3, -0.25) is 0 Å². The lowest BCUT2D eigenvalue weighted by Crippen LogP contribution is -1.85. The molecule has 0 amide bonds. The maximum absolute atomic E-state index is 5.57. The minimum atomic E-state index is 0.214. The highest BCUT2D eigenvalue weighted by atomic mass is 16.4. The number of rotatable bonds is 1. The molecule has 90 valence electrons. The van der Waals surface area contributed by atoms with E-state index in [9.17, 15) is 0 Å². The number of nitrogen functional groups attached to an aromatic ring is 1. The molecular weight excluding hydrogens is 224 g/mol. The summed E-state index contributed by atoms with van der Waals surface area (Å²) in [5.41, 5.74) is 8.68. The monoisotopic (exact) mass is 238 g/mol. The van der Waals surface area contributed by atoms with Crippen molar-refractivity contribution in [1.82, 2.24) is 4.98 Å². The minimum absolute atomic E-state index is 0.214. The van der Waals surface area contributed by atoms with Crippen molar-refractivity contribution in [3.8, 4) is 11.3 Å². The molecule has 0 radical (unpaired) electrons. The van der Waals surface area contributed by atoms with Crippen molar-refractivity contribution in [2.45, 2.75) is 13.8 Å². The Kier molecular flexibility index (Phi) is 2.33. The van der Waals surface area contributed by atoms with Crippen LogP contribution in [0.5, 0.6) is 0 Å². The highest BCUT2D eigenvalue weighted by Gasteiger charge is 2.09. The van der Waals surface area contributed by atoms with Crippen LogP contribution in [0.1, 0.15) is 11.3 Å². The molecule has 2 N–H and O–H groups in total. The molecule has 0 aliphatic heterocycles. The average molecular weight is 238 g/mol. The van der Waals surface area contributed by atoms with Gasteiger partial charge in [0.05, 0.1) is 0 Å². The van der Waals surface area contributed by atoms with E-state index >= 15 is 0 Å². The van der Waals surface area contributed by atoms with E-state index < -0.39 is 0 Å². The van der Waals surface area contributed by atoms with E-state index in [1.165, 1.54) is 16.3 Å². The van der Waals surface area contributed by atoms with Gasteiger partial charge in [-0.1, -0.05) is 35.9 Å². The summed E-state index contributed by atoms with van der Waals surface area (Å²) < 4.78 is 5.27. The molecule has 0 atom stereocenters. The number of aromatic nitrogens is 1. The van der Waals surface area contributed by atoms with Crippen LogP contribution in [-0.4, -0.2) is 4.98 Å². The fourth-order valence-corrected chi connectivity index (χ4v) is 2.20. The lowest BCUT2D eigenvalue weighted by molar-refractivity contribution is 0.549. The molecule has 0 aliphatic carbocycles. The first-order valence-electron chi connectivity index (χ1n) is 5.87. The summed E-state index contributed by atoms with van der Waals surface area (Å²) in [6.45, 7) is 3.97. The Morgan fingerprint density at radius 1 is 1.00 bits per heavy atom. The molecule has 18 heavy (non-hydrogen) atoms. The van der Waals surface area contributed by atoms with Crippen LogP contribution in [0.15, 0.2) is 40.8 Å². The maximum Gasteiger partial charge on any atom is 0.292 e. The van der Waals surface area contributed by atoms with E-state index in [0.717, 1.165) is 17.0 Å². The van der Waals surface area contributed by atoms with Gasteiger partial charge in [0.25, 0.3) is 6.01 Å². The Bertz CT molecular complexity index is 728. The fourth-order valence-electron chi connectivity index (χ4n) is 2.20. The largest absolute Gasteiger partial charge is 0.429 e. The summed E-state index contributed by atoms with van der Waals surface area (Å²) in [4.78, 5) is 4.22. The van der Waals surface area contributed by atoms with Gasteiger partial charge in [-0.25, -0.2) is 0 Å². The Morgan fingerprint density at radius 3 is 2.44 bits per heavy atom. The Balaban J connectivity index is 2.19. The molecule has 1 heterocycles. The number of fused-ring (bicyclic) bond motifs is 1. The first kappa shape index (κ1) is 10.8. The first-order valence-corrected chi connectivity index (χ1v) is 5.87. The van der Waals surface area contributed by atoms with Crippen LogP contribution in [0.25, 0.3) is 22.0 Å². The third kappa shape index (κ3) is 1.74. The van der Waals surface area contributed by atoms with Crippen LogP contribution < -0.4 is 5.73 Å². The lowest BCUT2D eigenvalue weighted by Gasteiger charge is -2.02. The Morgan fingerprint density at radius 2 is 1.72 bits per heavy atom. The topological polar surface area (TPSA) is 52.0 Å². The fraction of sp³-hybridized carbons (Fsp3) is 0.133. The molecule has 0 unspecified atom stereocenters. The van der Waals surface area contributed by atoms with Gasteiger partial charge in [0, 0.05) is 5.56 Å². The van der Waals surface area contributed by atoms with Crippen LogP contribution in [0, 0.1) is 13.8 Å². The van der Waals surface area contributed by atoms with Crippen molar-refractivity contribution in [1.29, 1.82) is 0 Å². The number of nitrogens with two attached hydrogens (primary N) is 1. The number of anilines is 1. The number of nitrogens with zero attached hydrogens (tertiary/aromatic N) is 1. The molecule has 3 aromatic rings. The molecule has 1 aromatic heterocycles. The number of benzene rings is 2. The molecule has 0 fully saturated rings. The summed E-state index contributed by atoms with van der Waals surface area (Å²) in [7, 11) is 0. The number of aryl methyl sites for hydroxylation is 2. The second-order valence-corrected chi connectivity index (χ2v) is 4.52. The van der Waals surface area contributed by atoms with E-state index in [1.807, 2.05) is 13.0 Å². The van der Waals surface area contributed by atoms with E-state index in [-0.39, 0.29) is 6.01 Å². The van der Waals surface area contributed by atoms with Gasteiger partial charge in [0.1, 0.15) is 11.5 Å². The molecule has 0 saturated heterocycles. The highest BCUT2D eigenvalue weighted by molar-refractivity contribution is 5.87. The summed E-state index contributed by atoms with van der Waals surface area (Å²) >= 11 is 0.